The Bertz CT molecular complexity index is 624. The van der Waals surface area contributed by atoms with Crippen LogP contribution in [0.1, 0.15) is 11.1 Å². The Labute approximate surface area is 108 Å². The second kappa shape index (κ2) is 5.15. The number of benzene rings is 2. The monoisotopic (exact) mass is 261 g/mol. The molecule has 0 aromatic heterocycles. The van der Waals surface area contributed by atoms with Gasteiger partial charge in [0.25, 0.3) is 0 Å². The molecule has 4 heteroatoms. The highest BCUT2D eigenvalue weighted by Gasteiger charge is 2.33. The van der Waals surface area contributed by atoms with Gasteiger partial charge in [0, 0.05) is 0 Å². The Morgan fingerprint density at radius 1 is 1.00 bits per heavy atom. The first-order valence-electron chi connectivity index (χ1n) is 5.65. The second-order valence-electron chi connectivity index (χ2n) is 4.08. The van der Waals surface area contributed by atoms with E-state index in [1.54, 1.807) is 30.3 Å². The van der Waals surface area contributed by atoms with Crippen molar-refractivity contribution in [3.8, 4) is 17.2 Å². The van der Waals surface area contributed by atoms with Crippen molar-refractivity contribution in [1.82, 2.24) is 0 Å². The summed E-state index contributed by atoms with van der Waals surface area (Å²) >= 11 is 0. The molecule has 0 unspecified atom stereocenters. The van der Waals surface area contributed by atoms with Gasteiger partial charge in [-0.2, -0.15) is 18.4 Å². The van der Waals surface area contributed by atoms with Crippen LogP contribution in [0.15, 0.2) is 48.5 Å². The number of halogens is 3. The molecule has 0 fully saturated rings. The third-order valence-corrected chi connectivity index (χ3v) is 2.75. The predicted octanol–water partition coefficient (Wildman–Crippen LogP) is 4.44. The van der Waals surface area contributed by atoms with Crippen LogP contribution < -0.4 is 0 Å². The summed E-state index contributed by atoms with van der Waals surface area (Å²) in [6.45, 7) is 0. The van der Waals surface area contributed by atoms with Gasteiger partial charge in [-0.15, -0.1) is 0 Å². The average molecular weight is 261 g/mol. The van der Waals surface area contributed by atoms with E-state index in [2.05, 4.69) is 0 Å². The molecule has 0 N–H and O–H groups in total. The number of nitriles is 1. The van der Waals surface area contributed by atoms with Gasteiger partial charge in [-0.25, -0.2) is 0 Å². The lowest BCUT2D eigenvalue weighted by Crippen LogP contribution is -2.06. The van der Waals surface area contributed by atoms with Crippen LogP contribution in [0.4, 0.5) is 13.2 Å². The Morgan fingerprint density at radius 2 is 1.74 bits per heavy atom. The molecule has 0 radical (unpaired) electrons. The molecule has 0 aliphatic carbocycles. The van der Waals surface area contributed by atoms with E-state index < -0.39 is 11.7 Å². The molecule has 96 valence electrons. The molecule has 0 amide bonds. The molecule has 2 aromatic rings. The van der Waals surface area contributed by atoms with E-state index in [0.717, 1.165) is 6.07 Å². The van der Waals surface area contributed by atoms with Gasteiger partial charge in [-0.1, -0.05) is 42.5 Å². The Balaban J connectivity index is 2.54. The summed E-state index contributed by atoms with van der Waals surface area (Å²) in [5.74, 6) is 0. The number of alkyl halides is 3. The van der Waals surface area contributed by atoms with E-state index in [1.165, 1.54) is 12.1 Å². The van der Waals surface area contributed by atoms with Gasteiger partial charge in [-0.05, 0) is 22.8 Å². The Morgan fingerprint density at radius 3 is 2.42 bits per heavy atom. The minimum Gasteiger partial charge on any atom is -0.198 e. The number of hydrogen-bond donors (Lipinski definition) is 0. The zero-order valence-corrected chi connectivity index (χ0v) is 9.91. The lowest BCUT2D eigenvalue weighted by molar-refractivity contribution is -0.137. The first-order chi connectivity index (χ1) is 9.02. The number of hydrogen-bond acceptors (Lipinski definition) is 1. The molecule has 1 nitrogen and oxygen atoms in total. The molecule has 2 aromatic carbocycles. The van der Waals surface area contributed by atoms with Crippen molar-refractivity contribution in [2.45, 2.75) is 12.6 Å². The summed E-state index contributed by atoms with van der Waals surface area (Å²) in [4.78, 5) is 0. The molecule has 0 aliphatic heterocycles. The van der Waals surface area contributed by atoms with Gasteiger partial charge < -0.3 is 0 Å². The molecule has 0 saturated heterocycles. The number of nitrogens with zero attached hydrogens (tertiary/aromatic N) is 1. The van der Waals surface area contributed by atoms with Crippen LogP contribution in [-0.4, -0.2) is 0 Å². The van der Waals surface area contributed by atoms with Crippen molar-refractivity contribution in [2.75, 3.05) is 0 Å². The van der Waals surface area contributed by atoms with Crippen molar-refractivity contribution in [3.05, 3.63) is 59.7 Å². The predicted molar refractivity (Wildman–Crippen MR) is 66.2 cm³/mol. The molecule has 0 bridgehead atoms. The van der Waals surface area contributed by atoms with Gasteiger partial charge in [0.1, 0.15) is 0 Å². The fourth-order valence-corrected chi connectivity index (χ4v) is 1.92. The van der Waals surface area contributed by atoms with E-state index >= 15 is 0 Å². The first-order valence-corrected chi connectivity index (χ1v) is 5.65. The van der Waals surface area contributed by atoms with Crippen LogP contribution in [0.2, 0.25) is 0 Å². The second-order valence-corrected chi connectivity index (χ2v) is 4.08. The lowest BCUT2D eigenvalue weighted by atomic mass is 9.97. The van der Waals surface area contributed by atoms with Crippen LogP contribution in [0.3, 0.4) is 0 Å². The molecule has 0 saturated carbocycles. The average Bonchev–Trinajstić information content (AvgIpc) is 2.38. The third kappa shape index (κ3) is 2.94. The van der Waals surface area contributed by atoms with E-state index in [9.17, 15) is 13.2 Å². The minimum atomic E-state index is -4.39. The van der Waals surface area contributed by atoms with Crippen LogP contribution in [0, 0.1) is 11.3 Å². The first kappa shape index (κ1) is 13.2. The smallest absolute Gasteiger partial charge is 0.198 e. The zero-order chi connectivity index (χ0) is 13.9. The summed E-state index contributed by atoms with van der Waals surface area (Å²) in [7, 11) is 0. The largest absolute Gasteiger partial charge is 0.417 e. The van der Waals surface area contributed by atoms with Gasteiger partial charge in [0.05, 0.1) is 18.1 Å². The quantitative estimate of drug-likeness (QED) is 0.784. The maximum atomic E-state index is 12.9. The SMILES string of the molecule is N#CCc1cccc(-c2ccccc2C(F)(F)F)c1. The summed E-state index contributed by atoms with van der Waals surface area (Å²) in [6.07, 6.45) is -4.20. The van der Waals surface area contributed by atoms with Gasteiger partial charge in [0.15, 0.2) is 0 Å². The molecule has 0 heterocycles. The molecule has 2 rings (SSSR count). The summed E-state index contributed by atoms with van der Waals surface area (Å²) in [5.41, 5.74) is 0.650. The number of rotatable bonds is 2. The Hall–Kier alpha value is -2.28. The van der Waals surface area contributed by atoms with Crippen molar-refractivity contribution in [1.29, 1.82) is 5.26 Å². The summed E-state index contributed by atoms with van der Waals surface area (Å²) < 4.78 is 38.8. The van der Waals surface area contributed by atoms with E-state index in [-0.39, 0.29) is 12.0 Å². The highest BCUT2D eigenvalue weighted by molar-refractivity contribution is 5.68. The standard InChI is InChI=1S/C15H10F3N/c16-15(17,18)14-7-2-1-6-13(14)12-5-3-4-11(10-12)8-9-19/h1-7,10H,8H2. The van der Waals surface area contributed by atoms with Crippen LogP contribution in [0.25, 0.3) is 11.1 Å². The van der Waals surface area contributed by atoms with E-state index in [1.807, 2.05) is 6.07 Å². The van der Waals surface area contributed by atoms with E-state index in [4.69, 9.17) is 5.26 Å². The van der Waals surface area contributed by atoms with Crippen molar-refractivity contribution >= 4 is 0 Å². The molecular formula is C15H10F3N. The molecule has 0 aliphatic rings. The minimum absolute atomic E-state index is 0.134. The summed E-state index contributed by atoms with van der Waals surface area (Å²) in [5, 5.41) is 8.63. The fourth-order valence-electron chi connectivity index (χ4n) is 1.92. The maximum absolute atomic E-state index is 12.9. The van der Waals surface area contributed by atoms with Gasteiger partial charge in [-0.3, -0.25) is 0 Å². The van der Waals surface area contributed by atoms with E-state index in [0.29, 0.717) is 11.1 Å². The normalized spacial score (nSPS) is 11.1. The maximum Gasteiger partial charge on any atom is 0.417 e. The molecule has 19 heavy (non-hydrogen) atoms. The molecular weight excluding hydrogens is 251 g/mol. The highest BCUT2D eigenvalue weighted by Crippen LogP contribution is 2.36. The third-order valence-electron chi connectivity index (χ3n) is 2.75. The van der Waals surface area contributed by atoms with Gasteiger partial charge >= 0.3 is 6.18 Å². The van der Waals surface area contributed by atoms with Crippen molar-refractivity contribution in [3.63, 3.8) is 0 Å². The van der Waals surface area contributed by atoms with Gasteiger partial charge in [0.2, 0.25) is 0 Å². The van der Waals surface area contributed by atoms with Crippen LogP contribution in [-0.2, 0) is 12.6 Å². The van der Waals surface area contributed by atoms with Crippen molar-refractivity contribution < 1.29 is 13.2 Å². The molecule has 0 spiro atoms. The fraction of sp³-hybridized carbons (Fsp3) is 0.133. The molecule has 0 atom stereocenters. The summed E-state index contributed by atoms with van der Waals surface area (Å²) in [6, 6.07) is 14.0. The Kier molecular flexibility index (Phi) is 3.57. The zero-order valence-electron chi connectivity index (χ0n) is 9.91. The highest BCUT2D eigenvalue weighted by atomic mass is 19.4. The van der Waals surface area contributed by atoms with Crippen LogP contribution in [0.5, 0.6) is 0 Å². The van der Waals surface area contributed by atoms with Crippen LogP contribution >= 0.6 is 0 Å². The topological polar surface area (TPSA) is 23.8 Å². The lowest BCUT2D eigenvalue weighted by Gasteiger charge is -2.13. The van der Waals surface area contributed by atoms with Crippen molar-refractivity contribution in [2.24, 2.45) is 0 Å².